The number of ether oxygens (including phenoxy) is 1. The van der Waals surface area contributed by atoms with Crippen molar-refractivity contribution in [1.29, 1.82) is 0 Å². The van der Waals surface area contributed by atoms with E-state index in [-0.39, 0.29) is 30.0 Å². The molecule has 0 unspecified atom stereocenters. The second-order valence-corrected chi connectivity index (χ2v) is 8.78. The molecule has 0 N–H and O–H groups in total. The maximum absolute atomic E-state index is 13.0. The van der Waals surface area contributed by atoms with Gasteiger partial charge in [0.05, 0.1) is 11.0 Å². The molecule has 150 valence electrons. The summed E-state index contributed by atoms with van der Waals surface area (Å²) in [5.41, 5.74) is 0.533. The lowest BCUT2D eigenvalue weighted by molar-refractivity contribution is 0.0698. The first-order valence-corrected chi connectivity index (χ1v) is 10.5. The van der Waals surface area contributed by atoms with E-state index >= 15 is 0 Å². The van der Waals surface area contributed by atoms with Gasteiger partial charge < -0.3 is 9.64 Å². The molecule has 1 heterocycles. The van der Waals surface area contributed by atoms with Crippen LogP contribution in [0.1, 0.15) is 24.2 Å². The SMILES string of the molecule is CC(C)Oc1ccc(C(=O)N2CCN(S(=O)(=O)c3ccc(F)cc3)CC2)cc1. The van der Waals surface area contributed by atoms with Crippen LogP contribution >= 0.6 is 0 Å². The Kier molecular flexibility index (Phi) is 6.00. The van der Waals surface area contributed by atoms with E-state index in [1.165, 1.54) is 16.4 Å². The van der Waals surface area contributed by atoms with Crippen LogP contribution in [0, 0.1) is 5.82 Å². The molecule has 0 aromatic heterocycles. The Morgan fingerprint density at radius 3 is 2.07 bits per heavy atom. The van der Waals surface area contributed by atoms with Gasteiger partial charge >= 0.3 is 0 Å². The standard InChI is InChI=1S/C20H23FN2O4S/c1-15(2)27-18-7-3-16(4-8-18)20(24)22-11-13-23(14-12-22)28(25,26)19-9-5-17(21)6-10-19/h3-10,15H,11-14H2,1-2H3. The average molecular weight is 406 g/mol. The number of carbonyl (C=O) groups excluding carboxylic acids is 1. The van der Waals surface area contributed by atoms with Gasteiger partial charge in [-0.25, -0.2) is 12.8 Å². The highest BCUT2D eigenvalue weighted by Crippen LogP contribution is 2.20. The zero-order valence-electron chi connectivity index (χ0n) is 15.8. The van der Waals surface area contributed by atoms with Crippen LogP contribution in [-0.4, -0.2) is 55.8 Å². The monoisotopic (exact) mass is 406 g/mol. The van der Waals surface area contributed by atoms with Crippen LogP contribution in [0.15, 0.2) is 53.4 Å². The van der Waals surface area contributed by atoms with Gasteiger partial charge in [0.15, 0.2) is 0 Å². The Morgan fingerprint density at radius 2 is 1.54 bits per heavy atom. The van der Waals surface area contributed by atoms with Gasteiger partial charge in [0.25, 0.3) is 5.91 Å². The van der Waals surface area contributed by atoms with E-state index in [1.54, 1.807) is 29.2 Å². The van der Waals surface area contributed by atoms with Crippen molar-refractivity contribution in [2.24, 2.45) is 0 Å². The first kappa shape index (κ1) is 20.3. The summed E-state index contributed by atoms with van der Waals surface area (Å²) in [6.07, 6.45) is 0.0534. The molecule has 0 bridgehead atoms. The van der Waals surface area contributed by atoms with Crippen LogP contribution < -0.4 is 4.74 Å². The molecule has 8 heteroatoms. The number of amides is 1. The molecule has 0 aliphatic carbocycles. The molecule has 0 radical (unpaired) electrons. The average Bonchev–Trinajstić information content (AvgIpc) is 2.68. The Bertz CT molecular complexity index is 920. The van der Waals surface area contributed by atoms with Gasteiger partial charge in [0, 0.05) is 31.7 Å². The smallest absolute Gasteiger partial charge is 0.253 e. The summed E-state index contributed by atoms with van der Waals surface area (Å²) in [4.78, 5) is 14.4. The van der Waals surface area contributed by atoms with Crippen LogP contribution in [-0.2, 0) is 10.0 Å². The maximum Gasteiger partial charge on any atom is 0.253 e. The molecule has 0 atom stereocenters. The van der Waals surface area contributed by atoms with Gasteiger partial charge in [-0.1, -0.05) is 0 Å². The Labute approximate surface area is 164 Å². The lowest BCUT2D eigenvalue weighted by Gasteiger charge is -2.34. The molecule has 1 aliphatic rings. The quantitative estimate of drug-likeness (QED) is 0.766. The number of rotatable bonds is 5. The van der Waals surface area contributed by atoms with E-state index in [1.807, 2.05) is 13.8 Å². The summed E-state index contributed by atoms with van der Waals surface area (Å²) in [6.45, 7) is 4.84. The van der Waals surface area contributed by atoms with Gasteiger partial charge in [-0.2, -0.15) is 4.31 Å². The van der Waals surface area contributed by atoms with Gasteiger partial charge in [0.1, 0.15) is 11.6 Å². The predicted molar refractivity (Wildman–Crippen MR) is 103 cm³/mol. The summed E-state index contributed by atoms with van der Waals surface area (Å²) in [6, 6.07) is 11.7. The molecule has 2 aromatic rings. The lowest BCUT2D eigenvalue weighted by Crippen LogP contribution is -2.50. The molecule has 2 aromatic carbocycles. The largest absolute Gasteiger partial charge is 0.491 e. The summed E-state index contributed by atoms with van der Waals surface area (Å²) < 4.78 is 45.3. The van der Waals surface area contributed by atoms with E-state index in [4.69, 9.17) is 4.74 Å². The molecule has 0 spiro atoms. The van der Waals surface area contributed by atoms with Crippen LogP contribution in [0.3, 0.4) is 0 Å². The van der Waals surface area contributed by atoms with Crippen molar-refractivity contribution in [2.45, 2.75) is 24.8 Å². The highest BCUT2D eigenvalue weighted by atomic mass is 32.2. The van der Waals surface area contributed by atoms with Crippen molar-refractivity contribution in [1.82, 2.24) is 9.21 Å². The molecule has 28 heavy (non-hydrogen) atoms. The van der Waals surface area contributed by atoms with Gasteiger partial charge in [-0.3, -0.25) is 4.79 Å². The molecular weight excluding hydrogens is 383 g/mol. The van der Waals surface area contributed by atoms with Crippen LogP contribution in [0.2, 0.25) is 0 Å². The Morgan fingerprint density at radius 1 is 0.964 bits per heavy atom. The fourth-order valence-electron chi connectivity index (χ4n) is 3.02. The number of piperazine rings is 1. The summed E-state index contributed by atoms with van der Waals surface area (Å²) in [5, 5.41) is 0. The van der Waals surface area contributed by atoms with Gasteiger partial charge in [-0.15, -0.1) is 0 Å². The second-order valence-electron chi connectivity index (χ2n) is 6.84. The predicted octanol–water partition coefficient (Wildman–Crippen LogP) is 2.76. The minimum absolute atomic E-state index is 0.0504. The molecule has 1 amide bonds. The number of benzene rings is 2. The van der Waals surface area contributed by atoms with E-state index in [0.717, 1.165) is 12.1 Å². The maximum atomic E-state index is 13.0. The molecule has 0 saturated carbocycles. The first-order chi connectivity index (χ1) is 13.3. The highest BCUT2D eigenvalue weighted by molar-refractivity contribution is 7.89. The van der Waals surface area contributed by atoms with Gasteiger partial charge in [0.2, 0.25) is 10.0 Å². The van der Waals surface area contributed by atoms with Crippen molar-refractivity contribution >= 4 is 15.9 Å². The van der Waals surface area contributed by atoms with Crippen molar-refractivity contribution in [3.8, 4) is 5.75 Å². The summed E-state index contributed by atoms with van der Waals surface area (Å²) in [5.74, 6) is 0.0656. The Hall–Kier alpha value is -2.45. The summed E-state index contributed by atoms with van der Waals surface area (Å²) >= 11 is 0. The second kappa shape index (κ2) is 8.28. The van der Waals surface area contributed by atoms with Crippen molar-refractivity contribution < 1.29 is 22.3 Å². The van der Waals surface area contributed by atoms with Crippen molar-refractivity contribution in [2.75, 3.05) is 26.2 Å². The third-order valence-corrected chi connectivity index (χ3v) is 6.36. The normalized spacial score (nSPS) is 15.6. The molecule has 1 aliphatic heterocycles. The van der Waals surface area contributed by atoms with Gasteiger partial charge in [-0.05, 0) is 62.4 Å². The lowest BCUT2D eigenvalue weighted by atomic mass is 10.2. The van der Waals surface area contributed by atoms with E-state index in [2.05, 4.69) is 0 Å². The number of carbonyl (C=O) groups is 1. The number of nitrogens with zero attached hydrogens (tertiary/aromatic N) is 2. The third-order valence-electron chi connectivity index (χ3n) is 4.45. The van der Waals surface area contributed by atoms with E-state index in [9.17, 15) is 17.6 Å². The first-order valence-electron chi connectivity index (χ1n) is 9.09. The third kappa shape index (κ3) is 4.51. The summed E-state index contributed by atoms with van der Waals surface area (Å²) in [7, 11) is -3.70. The van der Waals surface area contributed by atoms with Crippen molar-refractivity contribution in [3.63, 3.8) is 0 Å². The molecular formula is C20H23FN2O4S. The molecule has 1 fully saturated rings. The van der Waals surface area contributed by atoms with E-state index in [0.29, 0.717) is 24.4 Å². The minimum Gasteiger partial charge on any atom is -0.491 e. The van der Waals surface area contributed by atoms with Crippen LogP contribution in [0.25, 0.3) is 0 Å². The molecule has 3 rings (SSSR count). The van der Waals surface area contributed by atoms with Crippen LogP contribution in [0.5, 0.6) is 5.75 Å². The number of halogens is 1. The molecule has 6 nitrogen and oxygen atoms in total. The van der Waals surface area contributed by atoms with E-state index < -0.39 is 15.8 Å². The number of hydrogen-bond donors (Lipinski definition) is 0. The fraction of sp³-hybridized carbons (Fsp3) is 0.350. The number of sulfonamides is 1. The minimum atomic E-state index is -3.70. The fourth-order valence-corrected chi connectivity index (χ4v) is 4.44. The zero-order valence-corrected chi connectivity index (χ0v) is 16.7. The van der Waals surface area contributed by atoms with Crippen molar-refractivity contribution in [3.05, 3.63) is 59.9 Å². The molecule has 1 saturated heterocycles. The van der Waals surface area contributed by atoms with Crippen LogP contribution in [0.4, 0.5) is 4.39 Å². The topological polar surface area (TPSA) is 66.9 Å². The number of hydrogen-bond acceptors (Lipinski definition) is 4. The Balaban J connectivity index is 1.63. The highest BCUT2D eigenvalue weighted by Gasteiger charge is 2.30. The zero-order chi connectivity index (χ0) is 20.3.